The maximum Gasteiger partial charge on any atom is 0.282 e. The molecule has 0 aliphatic rings. The van der Waals surface area contributed by atoms with Gasteiger partial charge in [0, 0.05) is 15.6 Å². The van der Waals surface area contributed by atoms with Crippen LogP contribution in [0.15, 0.2) is 87.2 Å². The summed E-state index contributed by atoms with van der Waals surface area (Å²) in [6.07, 6.45) is 1.45. The van der Waals surface area contributed by atoms with Crippen LogP contribution >= 0.6 is 15.9 Å². The van der Waals surface area contributed by atoms with Gasteiger partial charge in [-0.2, -0.15) is 9.78 Å². The number of halogens is 2. The van der Waals surface area contributed by atoms with Crippen molar-refractivity contribution in [3.8, 4) is 28.6 Å². The van der Waals surface area contributed by atoms with Gasteiger partial charge in [-0.3, -0.25) is 9.59 Å². The number of aromatic nitrogens is 2. The monoisotopic (exact) mass is 700 g/mol. The zero-order valence-corrected chi connectivity index (χ0v) is 28.2. The molecule has 1 N–H and O–H groups in total. The first-order valence-corrected chi connectivity index (χ1v) is 15.8. The van der Waals surface area contributed by atoms with Crippen molar-refractivity contribution >= 4 is 44.6 Å². The molecule has 0 saturated carbocycles. The Morgan fingerprint density at radius 3 is 2.53 bits per heavy atom. The van der Waals surface area contributed by atoms with E-state index in [9.17, 15) is 14.0 Å². The molecule has 0 aliphatic heterocycles. The van der Waals surface area contributed by atoms with Crippen molar-refractivity contribution in [3.05, 3.63) is 110 Å². The van der Waals surface area contributed by atoms with Crippen LogP contribution in [-0.4, -0.2) is 42.1 Å². The minimum Gasteiger partial charge on any atom is -0.494 e. The molecule has 1 amide bonds. The predicted molar refractivity (Wildman–Crippen MR) is 186 cm³/mol. The third-order valence-corrected chi connectivity index (χ3v) is 7.81. The van der Waals surface area contributed by atoms with Crippen LogP contribution in [0, 0.1) is 12.7 Å². The lowest BCUT2D eigenvalue weighted by Crippen LogP contribution is -2.22. The van der Waals surface area contributed by atoms with Gasteiger partial charge < -0.3 is 19.5 Å². The Bertz CT molecular complexity index is 2040. The highest BCUT2D eigenvalue weighted by Crippen LogP contribution is 2.36. The van der Waals surface area contributed by atoms with Crippen LogP contribution in [0.25, 0.3) is 22.3 Å². The molecule has 1 aromatic heterocycles. The van der Waals surface area contributed by atoms with Crippen LogP contribution in [0.1, 0.15) is 43.4 Å². The molecule has 0 saturated heterocycles. The second kappa shape index (κ2) is 14.6. The van der Waals surface area contributed by atoms with Gasteiger partial charge in [0.25, 0.3) is 11.5 Å². The summed E-state index contributed by atoms with van der Waals surface area (Å²) < 4.78 is 33.4. The van der Waals surface area contributed by atoms with Crippen LogP contribution in [0.4, 0.5) is 10.1 Å². The molecule has 0 bridgehead atoms. The molecule has 0 spiro atoms. The number of nitrogens with zero attached hydrogens (tertiary/aromatic N) is 3. The molecule has 11 heteroatoms. The SMILES string of the molecule is CCOc1cc(C)c(-c2nc3ccccc3c(=O)n2N=Cc2cc(Br)cc(OC)c2OCC(=O)Nc2ccccc2F)cc1C(C)C. The number of fused-ring (bicyclic) bond motifs is 1. The summed E-state index contributed by atoms with van der Waals surface area (Å²) in [5.41, 5.74) is 3.18. The lowest BCUT2D eigenvalue weighted by Gasteiger charge is -2.18. The first-order valence-electron chi connectivity index (χ1n) is 15.0. The normalized spacial score (nSPS) is 11.3. The van der Waals surface area contributed by atoms with Crippen LogP contribution in [-0.2, 0) is 4.79 Å². The van der Waals surface area contributed by atoms with Crippen molar-refractivity contribution in [2.75, 3.05) is 25.6 Å². The van der Waals surface area contributed by atoms with Crippen molar-refractivity contribution in [1.29, 1.82) is 0 Å². The number of para-hydroxylation sites is 2. The average molecular weight is 702 g/mol. The van der Waals surface area contributed by atoms with E-state index in [2.05, 4.69) is 40.2 Å². The van der Waals surface area contributed by atoms with E-state index in [1.807, 2.05) is 32.0 Å². The minimum atomic E-state index is -0.577. The van der Waals surface area contributed by atoms with Crippen molar-refractivity contribution in [2.45, 2.75) is 33.6 Å². The van der Waals surface area contributed by atoms with E-state index in [-0.39, 0.29) is 22.9 Å². The van der Waals surface area contributed by atoms with Crippen LogP contribution in [0.2, 0.25) is 0 Å². The molecule has 0 unspecified atom stereocenters. The summed E-state index contributed by atoms with van der Waals surface area (Å²) in [5.74, 6) is 0.642. The number of carbonyl (C=O) groups is 1. The molecular weight excluding hydrogens is 667 g/mol. The van der Waals surface area contributed by atoms with E-state index in [1.165, 1.54) is 36.2 Å². The standard InChI is InChI=1S/C36H34BrFN4O5/c1-6-46-31-15-22(4)27(18-26(31)21(2)3)35-41-29-13-9-7-11-25(29)36(44)42(35)39-19-23-16-24(37)17-32(45-5)34(23)47-20-33(43)40-30-14-10-8-12-28(30)38/h7-19,21H,6,20H2,1-5H3,(H,40,43). The average Bonchev–Trinajstić information content (AvgIpc) is 3.04. The number of hydrogen-bond acceptors (Lipinski definition) is 7. The van der Waals surface area contributed by atoms with E-state index in [0.29, 0.717) is 39.1 Å². The number of nitrogens with one attached hydrogen (secondary N) is 1. The molecular formula is C36H34BrFN4O5. The quantitative estimate of drug-likeness (QED) is 0.142. The molecule has 0 fully saturated rings. The zero-order valence-electron chi connectivity index (χ0n) is 26.6. The van der Waals surface area contributed by atoms with Gasteiger partial charge in [0.05, 0.1) is 36.5 Å². The van der Waals surface area contributed by atoms with E-state index >= 15 is 0 Å². The maximum atomic E-state index is 14.1. The fourth-order valence-corrected chi connectivity index (χ4v) is 5.53. The predicted octanol–water partition coefficient (Wildman–Crippen LogP) is 7.70. The molecule has 4 aromatic carbocycles. The number of rotatable bonds is 11. The number of ether oxygens (including phenoxy) is 3. The zero-order chi connectivity index (χ0) is 33.7. The summed E-state index contributed by atoms with van der Waals surface area (Å²) in [6.45, 7) is 8.11. The van der Waals surface area contributed by atoms with Crippen molar-refractivity contribution in [2.24, 2.45) is 5.10 Å². The first kappa shape index (κ1) is 33.3. The fourth-order valence-electron chi connectivity index (χ4n) is 5.07. The van der Waals surface area contributed by atoms with Gasteiger partial charge in [-0.25, -0.2) is 9.37 Å². The molecule has 0 atom stereocenters. The Hall–Kier alpha value is -5.03. The largest absolute Gasteiger partial charge is 0.494 e. The number of aryl methyl sites for hydroxylation is 1. The number of carbonyl (C=O) groups excluding carboxylic acids is 1. The number of benzene rings is 4. The summed E-state index contributed by atoms with van der Waals surface area (Å²) >= 11 is 3.48. The van der Waals surface area contributed by atoms with Gasteiger partial charge in [0.2, 0.25) is 0 Å². The van der Waals surface area contributed by atoms with Crippen LogP contribution in [0.5, 0.6) is 17.2 Å². The van der Waals surface area contributed by atoms with Gasteiger partial charge in [-0.15, -0.1) is 0 Å². The van der Waals surface area contributed by atoms with E-state index in [4.69, 9.17) is 19.2 Å². The number of amides is 1. The lowest BCUT2D eigenvalue weighted by molar-refractivity contribution is -0.118. The Kier molecular flexibility index (Phi) is 10.4. The van der Waals surface area contributed by atoms with E-state index in [1.54, 1.807) is 36.4 Å². The van der Waals surface area contributed by atoms with Crippen molar-refractivity contribution in [1.82, 2.24) is 9.66 Å². The maximum absolute atomic E-state index is 14.1. The van der Waals surface area contributed by atoms with Gasteiger partial charge >= 0.3 is 0 Å². The Labute approximate surface area is 280 Å². The Morgan fingerprint density at radius 2 is 1.81 bits per heavy atom. The highest BCUT2D eigenvalue weighted by atomic mass is 79.9. The summed E-state index contributed by atoms with van der Waals surface area (Å²) in [5, 5.41) is 7.54. The minimum absolute atomic E-state index is 0.0339. The topological polar surface area (TPSA) is 104 Å². The molecule has 1 heterocycles. The third kappa shape index (κ3) is 7.36. The number of anilines is 1. The van der Waals surface area contributed by atoms with Crippen LogP contribution < -0.4 is 25.1 Å². The highest BCUT2D eigenvalue weighted by molar-refractivity contribution is 9.10. The number of hydrogen-bond donors (Lipinski definition) is 1. The second-order valence-corrected chi connectivity index (χ2v) is 11.9. The summed E-state index contributed by atoms with van der Waals surface area (Å²) in [7, 11) is 1.46. The van der Waals surface area contributed by atoms with Gasteiger partial charge in [0.15, 0.2) is 23.9 Å². The molecule has 47 heavy (non-hydrogen) atoms. The Balaban J connectivity index is 1.60. The summed E-state index contributed by atoms with van der Waals surface area (Å²) in [6, 6.07) is 20.3. The van der Waals surface area contributed by atoms with Crippen LogP contribution in [0.3, 0.4) is 0 Å². The van der Waals surface area contributed by atoms with Gasteiger partial charge in [-0.05, 0) is 79.4 Å². The number of methoxy groups -OCH3 is 1. The van der Waals surface area contributed by atoms with E-state index < -0.39 is 18.3 Å². The highest BCUT2D eigenvalue weighted by Gasteiger charge is 2.20. The second-order valence-electron chi connectivity index (χ2n) is 10.9. The van der Waals surface area contributed by atoms with Gasteiger partial charge in [0.1, 0.15) is 11.6 Å². The molecule has 5 rings (SSSR count). The van der Waals surface area contributed by atoms with Crippen molar-refractivity contribution in [3.63, 3.8) is 0 Å². The molecule has 9 nitrogen and oxygen atoms in total. The van der Waals surface area contributed by atoms with E-state index in [0.717, 1.165) is 22.4 Å². The molecule has 5 aromatic rings. The molecule has 0 radical (unpaired) electrons. The molecule has 0 aliphatic carbocycles. The fraction of sp³-hybridized carbons (Fsp3) is 0.222. The molecule has 242 valence electrons. The lowest BCUT2D eigenvalue weighted by atomic mass is 9.96. The van der Waals surface area contributed by atoms with Gasteiger partial charge in [-0.1, -0.05) is 54.0 Å². The third-order valence-electron chi connectivity index (χ3n) is 7.35. The Morgan fingerprint density at radius 1 is 1.06 bits per heavy atom. The van der Waals surface area contributed by atoms with Crippen molar-refractivity contribution < 1.29 is 23.4 Å². The smallest absolute Gasteiger partial charge is 0.282 e. The first-order chi connectivity index (χ1) is 22.6. The summed E-state index contributed by atoms with van der Waals surface area (Å²) in [4.78, 5) is 31.6.